The zero-order chi connectivity index (χ0) is 14.7. The molecule has 0 aliphatic heterocycles. The third-order valence-electron chi connectivity index (χ3n) is 2.71. The van der Waals surface area contributed by atoms with Crippen molar-refractivity contribution in [3.63, 3.8) is 0 Å². The lowest BCUT2D eigenvalue weighted by atomic mass is 9.98. The first-order chi connectivity index (χ1) is 9.47. The molecule has 0 bridgehead atoms. The van der Waals surface area contributed by atoms with E-state index in [0.717, 1.165) is 12.1 Å². The fraction of sp³-hybridized carbons (Fsp3) is 0.143. The molecule has 1 unspecified atom stereocenters. The van der Waals surface area contributed by atoms with Gasteiger partial charge in [0.15, 0.2) is 0 Å². The van der Waals surface area contributed by atoms with Crippen molar-refractivity contribution in [3.05, 3.63) is 65.2 Å². The second-order valence-corrected chi connectivity index (χ2v) is 4.10. The fourth-order valence-electron chi connectivity index (χ4n) is 1.88. The Morgan fingerprint density at radius 3 is 2.15 bits per heavy atom. The van der Waals surface area contributed by atoms with Gasteiger partial charge in [0.1, 0.15) is 17.4 Å². The Bertz CT molecular complexity index is 583. The molecule has 2 N–H and O–H groups in total. The molecule has 2 rings (SSSR count). The van der Waals surface area contributed by atoms with Crippen molar-refractivity contribution in [2.45, 2.75) is 12.7 Å². The topological polar surface area (TPSA) is 35.2 Å². The minimum absolute atomic E-state index is 0.125. The maximum Gasteiger partial charge on any atom is 0.387 e. The molecule has 0 amide bonds. The third-order valence-corrected chi connectivity index (χ3v) is 2.71. The van der Waals surface area contributed by atoms with Crippen LogP contribution in [-0.4, -0.2) is 6.61 Å². The van der Waals surface area contributed by atoms with Crippen LogP contribution in [0.25, 0.3) is 0 Å². The van der Waals surface area contributed by atoms with Crippen LogP contribution in [0.2, 0.25) is 0 Å². The van der Waals surface area contributed by atoms with E-state index in [9.17, 15) is 17.6 Å². The van der Waals surface area contributed by atoms with Gasteiger partial charge in [-0.05, 0) is 23.8 Å². The first-order valence-electron chi connectivity index (χ1n) is 5.72. The lowest BCUT2D eigenvalue weighted by Gasteiger charge is -2.17. The van der Waals surface area contributed by atoms with Gasteiger partial charge in [0.2, 0.25) is 0 Å². The Hall–Kier alpha value is -2.08. The largest absolute Gasteiger partial charge is 0.434 e. The van der Waals surface area contributed by atoms with E-state index in [1.54, 1.807) is 6.07 Å². The molecule has 0 fully saturated rings. The minimum atomic E-state index is -3.01. The second-order valence-electron chi connectivity index (χ2n) is 4.10. The average Bonchev–Trinajstić information content (AvgIpc) is 2.36. The molecule has 2 aromatic carbocycles. The second kappa shape index (κ2) is 5.92. The highest BCUT2D eigenvalue weighted by molar-refractivity contribution is 5.41. The summed E-state index contributed by atoms with van der Waals surface area (Å²) in [7, 11) is 0. The summed E-state index contributed by atoms with van der Waals surface area (Å²) in [4.78, 5) is 0. The van der Waals surface area contributed by atoms with E-state index >= 15 is 0 Å². The Kier molecular flexibility index (Phi) is 4.24. The van der Waals surface area contributed by atoms with Crippen LogP contribution in [0, 0.1) is 11.6 Å². The summed E-state index contributed by atoms with van der Waals surface area (Å²) < 4.78 is 55.3. The number of ether oxygens (including phenoxy) is 1. The molecule has 0 aromatic heterocycles. The standard InChI is InChI=1S/C14H11F4NO/c15-9-5-8(6-10(16)7-9)13(19)11-3-1-2-4-12(11)20-14(17)18/h1-7,13-14H,19H2. The monoisotopic (exact) mass is 285 g/mol. The zero-order valence-electron chi connectivity index (χ0n) is 10.2. The highest BCUT2D eigenvalue weighted by Gasteiger charge is 2.17. The van der Waals surface area contributed by atoms with Gasteiger partial charge in [-0.3, -0.25) is 0 Å². The SMILES string of the molecule is NC(c1cc(F)cc(F)c1)c1ccccc1OC(F)F. The Morgan fingerprint density at radius 2 is 1.55 bits per heavy atom. The van der Waals surface area contributed by atoms with E-state index in [-0.39, 0.29) is 16.9 Å². The summed E-state index contributed by atoms with van der Waals surface area (Å²) >= 11 is 0. The number of hydrogen-bond acceptors (Lipinski definition) is 2. The molecule has 0 radical (unpaired) electrons. The average molecular weight is 285 g/mol. The summed E-state index contributed by atoms with van der Waals surface area (Å²) in [6.07, 6.45) is 0. The number of nitrogens with two attached hydrogens (primary N) is 1. The van der Waals surface area contributed by atoms with Crippen molar-refractivity contribution in [2.75, 3.05) is 0 Å². The number of halogens is 4. The summed E-state index contributed by atoms with van der Waals surface area (Å²) in [6, 6.07) is 7.68. The van der Waals surface area contributed by atoms with Gasteiger partial charge in [-0.15, -0.1) is 0 Å². The van der Waals surface area contributed by atoms with Gasteiger partial charge in [0, 0.05) is 11.6 Å². The van der Waals surface area contributed by atoms with E-state index in [1.165, 1.54) is 18.2 Å². The predicted octanol–water partition coefficient (Wildman–Crippen LogP) is 3.61. The van der Waals surface area contributed by atoms with Crippen LogP contribution in [0.3, 0.4) is 0 Å². The van der Waals surface area contributed by atoms with Gasteiger partial charge in [-0.25, -0.2) is 8.78 Å². The van der Waals surface area contributed by atoms with Gasteiger partial charge < -0.3 is 10.5 Å². The van der Waals surface area contributed by atoms with Crippen LogP contribution in [0.15, 0.2) is 42.5 Å². The van der Waals surface area contributed by atoms with E-state index in [1.807, 2.05) is 0 Å². The quantitative estimate of drug-likeness (QED) is 0.871. The van der Waals surface area contributed by atoms with Gasteiger partial charge in [-0.1, -0.05) is 18.2 Å². The molecule has 0 heterocycles. The van der Waals surface area contributed by atoms with Gasteiger partial charge in [-0.2, -0.15) is 8.78 Å². The summed E-state index contributed by atoms with van der Waals surface area (Å²) in [5.74, 6) is -1.70. The van der Waals surface area contributed by atoms with Crippen LogP contribution in [0.5, 0.6) is 5.75 Å². The first-order valence-corrected chi connectivity index (χ1v) is 5.72. The lowest BCUT2D eigenvalue weighted by molar-refractivity contribution is -0.0505. The number of benzene rings is 2. The van der Waals surface area contributed by atoms with Crippen molar-refractivity contribution < 1.29 is 22.3 Å². The van der Waals surface area contributed by atoms with Crippen molar-refractivity contribution in [1.82, 2.24) is 0 Å². The van der Waals surface area contributed by atoms with Gasteiger partial charge >= 0.3 is 6.61 Å². The molecule has 0 aliphatic rings. The van der Waals surface area contributed by atoms with Crippen LogP contribution < -0.4 is 10.5 Å². The first kappa shape index (κ1) is 14.3. The molecule has 0 spiro atoms. The predicted molar refractivity (Wildman–Crippen MR) is 65.5 cm³/mol. The van der Waals surface area contributed by atoms with Crippen LogP contribution in [0.1, 0.15) is 17.2 Å². The summed E-state index contributed by atoms with van der Waals surface area (Å²) in [5.41, 5.74) is 6.22. The molecule has 6 heteroatoms. The Morgan fingerprint density at radius 1 is 0.950 bits per heavy atom. The molecule has 20 heavy (non-hydrogen) atoms. The molecule has 2 nitrogen and oxygen atoms in total. The highest BCUT2D eigenvalue weighted by atomic mass is 19.3. The number of rotatable bonds is 4. The van der Waals surface area contributed by atoms with E-state index in [0.29, 0.717) is 6.07 Å². The molecule has 1 atom stereocenters. The van der Waals surface area contributed by atoms with Crippen molar-refractivity contribution >= 4 is 0 Å². The fourth-order valence-corrected chi connectivity index (χ4v) is 1.88. The maximum atomic E-state index is 13.2. The molecule has 0 aliphatic carbocycles. The van der Waals surface area contributed by atoms with E-state index in [4.69, 9.17) is 5.73 Å². The number of alkyl halides is 2. The highest BCUT2D eigenvalue weighted by Crippen LogP contribution is 2.29. The summed E-state index contributed by atoms with van der Waals surface area (Å²) in [6.45, 7) is -3.01. The molecule has 0 saturated carbocycles. The maximum absolute atomic E-state index is 13.2. The summed E-state index contributed by atoms with van der Waals surface area (Å²) in [5, 5.41) is 0. The Balaban J connectivity index is 2.39. The number of hydrogen-bond donors (Lipinski definition) is 1. The molecule has 0 saturated heterocycles. The third kappa shape index (κ3) is 3.27. The zero-order valence-corrected chi connectivity index (χ0v) is 10.2. The molecular weight excluding hydrogens is 274 g/mol. The molecule has 106 valence electrons. The Labute approximate surface area is 112 Å². The van der Waals surface area contributed by atoms with Crippen molar-refractivity contribution in [1.29, 1.82) is 0 Å². The van der Waals surface area contributed by atoms with Crippen molar-refractivity contribution in [3.8, 4) is 5.75 Å². The van der Waals surface area contributed by atoms with Crippen LogP contribution in [-0.2, 0) is 0 Å². The molecular formula is C14H11F4NO. The van der Waals surface area contributed by atoms with Gasteiger partial charge in [0.05, 0.1) is 6.04 Å². The minimum Gasteiger partial charge on any atom is -0.434 e. The lowest BCUT2D eigenvalue weighted by Crippen LogP contribution is -2.15. The number of para-hydroxylation sites is 1. The molecule has 2 aromatic rings. The van der Waals surface area contributed by atoms with E-state index in [2.05, 4.69) is 4.74 Å². The normalized spacial score (nSPS) is 12.5. The van der Waals surface area contributed by atoms with Gasteiger partial charge in [0.25, 0.3) is 0 Å². The van der Waals surface area contributed by atoms with Crippen LogP contribution >= 0.6 is 0 Å². The van der Waals surface area contributed by atoms with E-state index < -0.39 is 24.3 Å². The smallest absolute Gasteiger partial charge is 0.387 e. The van der Waals surface area contributed by atoms with Crippen molar-refractivity contribution in [2.24, 2.45) is 5.73 Å². The van der Waals surface area contributed by atoms with Crippen LogP contribution in [0.4, 0.5) is 17.6 Å².